The van der Waals surface area contributed by atoms with E-state index in [9.17, 15) is 0 Å². The number of hydrogen-bond donors (Lipinski definition) is 3. The molecule has 0 saturated carbocycles. The van der Waals surface area contributed by atoms with Crippen LogP contribution in [-0.2, 0) is 0 Å². The van der Waals surface area contributed by atoms with Gasteiger partial charge in [-0.1, -0.05) is 0 Å². The molecule has 30 valence electrons. The van der Waals surface area contributed by atoms with E-state index < -0.39 is 0 Å². The topological polar surface area (TPSA) is 50.1 Å². The summed E-state index contributed by atoms with van der Waals surface area (Å²) in [5.74, 6) is 0. The molecule has 1 heterocycles. The molecule has 1 aliphatic rings. The van der Waals surface area contributed by atoms with Crippen molar-refractivity contribution in [3.8, 4) is 0 Å². The van der Waals surface area contributed by atoms with Gasteiger partial charge >= 0.3 is 0 Å². The molecule has 0 aliphatic carbocycles. The van der Waals surface area contributed by atoms with E-state index in [4.69, 9.17) is 5.73 Å². The van der Waals surface area contributed by atoms with E-state index in [1.165, 1.54) is 0 Å². The summed E-state index contributed by atoms with van der Waals surface area (Å²) in [4.78, 5) is 0. The summed E-state index contributed by atoms with van der Waals surface area (Å²) in [5.41, 5.74) is 5.16. The Bertz CT molecular complexity index is 31.9. The van der Waals surface area contributed by atoms with E-state index >= 15 is 0 Å². The third kappa shape index (κ3) is 0.397. The van der Waals surface area contributed by atoms with Crippen LogP contribution in [0.25, 0.3) is 0 Å². The zero-order valence-electron chi connectivity index (χ0n) is 2.86. The largest absolute Gasteiger partial charge is 0.304 e. The summed E-state index contributed by atoms with van der Waals surface area (Å²) in [6, 6.07) is 0. The van der Waals surface area contributed by atoms with Gasteiger partial charge in [-0.25, -0.2) is 0 Å². The Morgan fingerprint density at radius 1 is 1.60 bits per heavy atom. The van der Waals surface area contributed by atoms with Crippen LogP contribution < -0.4 is 16.4 Å². The van der Waals surface area contributed by atoms with Crippen molar-refractivity contribution in [3.05, 3.63) is 0 Å². The third-order valence-corrected chi connectivity index (χ3v) is 0.644. The van der Waals surface area contributed by atoms with Crippen molar-refractivity contribution >= 4 is 0 Å². The maximum atomic E-state index is 5.16. The zero-order chi connectivity index (χ0) is 3.70. The van der Waals surface area contributed by atoms with Gasteiger partial charge in [0.2, 0.25) is 0 Å². The molecular formula is C2H7N3. The molecule has 3 heteroatoms. The lowest BCUT2D eigenvalue weighted by Crippen LogP contribution is -2.63. The maximum absolute atomic E-state index is 5.16. The van der Waals surface area contributed by atoms with E-state index in [-0.39, 0.29) is 6.29 Å². The zero-order valence-corrected chi connectivity index (χ0v) is 2.86. The van der Waals surface area contributed by atoms with Gasteiger partial charge in [-0.3, -0.25) is 10.6 Å². The molecule has 1 fully saturated rings. The summed E-state index contributed by atoms with van der Waals surface area (Å²) < 4.78 is 0. The Balaban J connectivity index is 2.08. The smallest absolute Gasteiger partial charge is 0.111 e. The second-order valence-electron chi connectivity index (χ2n) is 1.06. The predicted molar refractivity (Wildman–Crippen MR) is 19.1 cm³/mol. The molecule has 3 nitrogen and oxygen atoms in total. The average molecular weight is 73.1 g/mol. The van der Waals surface area contributed by atoms with Gasteiger partial charge in [-0.05, 0) is 0 Å². The highest BCUT2D eigenvalue weighted by molar-refractivity contribution is 4.62. The van der Waals surface area contributed by atoms with Crippen LogP contribution in [0.4, 0.5) is 0 Å². The fourth-order valence-electron chi connectivity index (χ4n) is 0.220. The van der Waals surface area contributed by atoms with Gasteiger partial charge in [0, 0.05) is 0 Å². The average Bonchev–Trinajstić information content (AvgIpc) is 1.30. The normalized spacial score (nSPS) is 25.8. The second-order valence-corrected chi connectivity index (χ2v) is 1.06. The van der Waals surface area contributed by atoms with Crippen LogP contribution in [0.5, 0.6) is 0 Å². The van der Waals surface area contributed by atoms with Crippen molar-refractivity contribution in [1.29, 1.82) is 0 Å². The summed E-state index contributed by atoms with van der Waals surface area (Å²) in [6.07, 6.45) is 0.0648. The van der Waals surface area contributed by atoms with Gasteiger partial charge in [0.25, 0.3) is 0 Å². The van der Waals surface area contributed by atoms with Crippen molar-refractivity contribution in [2.45, 2.75) is 6.29 Å². The fraction of sp³-hybridized carbons (Fsp3) is 1.00. The monoisotopic (exact) mass is 73.1 g/mol. The van der Waals surface area contributed by atoms with Gasteiger partial charge in [0.15, 0.2) is 0 Å². The minimum Gasteiger partial charge on any atom is -0.304 e. The van der Waals surface area contributed by atoms with Crippen molar-refractivity contribution in [2.24, 2.45) is 5.73 Å². The molecule has 0 unspecified atom stereocenters. The molecule has 0 aromatic heterocycles. The molecule has 1 aliphatic heterocycles. The molecule has 4 N–H and O–H groups in total. The van der Waals surface area contributed by atoms with Crippen LogP contribution >= 0.6 is 0 Å². The quantitative estimate of drug-likeness (QED) is 0.323. The summed E-state index contributed by atoms with van der Waals surface area (Å²) in [6.45, 7) is 0.862. The first-order chi connectivity index (χ1) is 2.39. The maximum Gasteiger partial charge on any atom is 0.111 e. The van der Waals surface area contributed by atoms with Gasteiger partial charge in [-0.15, -0.1) is 0 Å². The molecule has 0 aromatic carbocycles. The van der Waals surface area contributed by atoms with E-state index in [0.717, 1.165) is 6.67 Å². The molecule has 0 atom stereocenters. The predicted octanol–water partition coefficient (Wildman–Crippen LogP) is -1.62. The first-order valence-electron chi connectivity index (χ1n) is 1.62. The Hall–Kier alpha value is -0.120. The van der Waals surface area contributed by atoms with Crippen molar-refractivity contribution in [2.75, 3.05) is 6.67 Å². The van der Waals surface area contributed by atoms with Gasteiger partial charge in [0.1, 0.15) is 6.29 Å². The van der Waals surface area contributed by atoms with Crippen LogP contribution in [-0.4, -0.2) is 13.0 Å². The third-order valence-electron chi connectivity index (χ3n) is 0.644. The Morgan fingerprint density at radius 2 is 2.00 bits per heavy atom. The number of nitrogens with two attached hydrogens (primary N) is 1. The van der Waals surface area contributed by atoms with Crippen LogP contribution in [0, 0.1) is 0 Å². The Morgan fingerprint density at radius 3 is 2.00 bits per heavy atom. The second kappa shape index (κ2) is 0.931. The van der Waals surface area contributed by atoms with E-state index in [2.05, 4.69) is 10.6 Å². The molecule has 1 saturated heterocycles. The van der Waals surface area contributed by atoms with Crippen molar-refractivity contribution < 1.29 is 0 Å². The highest BCUT2D eigenvalue weighted by Gasteiger charge is 2.05. The van der Waals surface area contributed by atoms with Crippen LogP contribution in [0.15, 0.2) is 0 Å². The molecule has 0 spiro atoms. The molecule has 0 aromatic rings. The Labute approximate surface area is 30.5 Å². The molecule has 0 amide bonds. The highest BCUT2D eigenvalue weighted by atomic mass is 15.4. The molecule has 0 bridgehead atoms. The number of rotatable bonds is 0. The Kier molecular flexibility index (Phi) is 0.574. The van der Waals surface area contributed by atoms with Gasteiger partial charge in [-0.2, -0.15) is 0 Å². The SMILES string of the molecule is NC1NCN1. The molecule has 0 radical (unpaired) electrons. The lowest BCUT2D eigenvalue weighted by atomic mass is 10.7. The highest BCUT2D eigenvalue weighted by Crippen LogP contribution is 1.68. The van der Waals surface area contributed by atoms with E-state index in [0.29, 0.717) is 0 Å². The lowest BCUT2D eigenvalue weighted by molar-refractivity contribution is 0.310. The summed E-state index contributed by atoms with van der Waals surface area (Å²) in [7, 11) is 0. The van der Waals surface area contributed by atoms with Crippen LogP contribution in [0.1, 0.15) is 0 Å². The molecule has 1 rings (SSSR count). The first-order valence-corrected chi connectivity index (χ1v) is 1.62. The van der Waals surface area contributed by atoms with Gasteiger partial charge in [0.05, 0.1) is 6.67 Å². The minimum absolute atomic E-state index is 0.0648. The summed E-state index contributed by atoms with van der Waals surface area (Å²) in [5, 5.41) is 5.75. The number of hydrogen-bond acceptors (Lipinski definition) is 3. The van der Waals surface area contributed by atoms with Gasteiger partial charge < -0.3 is 5.73 Å². The van der Waals surface area contributed by atoms with Crippen LogP contribution in [0.2, 0.25) is 0 Å². The minimum atomic E-state index is 0.0648. The molecule has 5 heavy (non-hydrogen) atoms. The first kappa shape index (κ1) is 3.08. The van der Waals surface area contributed by atoms with E-state index in [1.807, 2.05) is 0 Å². The fourth-order valence-corrected chi connectivity index (χ4v) is 0.220. The lowest BCUT2D eigenvalue weighted by Gasteiger charge is -2.24. The molecular weight excluding hydrogens is 66.0 g/mol. The van der Waals surface area contributed by atoms with Crippen molar-refractivity contribution in [1.82, 2.24) is 10.6 Å². The summed E-state index contributed by atoms with van der Waals surface area (Å²) >= 11 is 0. The number of nitrogens with one attached hydrogen (secondary N) is 2. The standard InChI is InChI=1S/C2H7N3/c3-2-4-1-5-2/h2,4-5H,1,3H2. The van der Waals surface area contributed by atoms with Crippen molar-refractivity contribution in [3.63, 3.8) is 0 Å². The van der Waals surface area contributed by atoms with E-state index in [1.54, 1.807) is 0 Å². The van der Waals surface area contributed by atoms with Crippen LogP contribution in [0.3, 0.4) is 0 Å².